The molecule has 0 saturated heterocycles. The van der Waals surface area contributed by atoms with Gasteiger partial charge in [0.25, 0.3) is 11.7 Å². The average molecular weight is 338 g/mol. The zero-order chi connectivity index (χ0) is 17.2. The summed E-state index contributed by atoms with van der Waals surface area (Å²) in [5, 5.41) is 16.8. The first-order chi connectivity index (χ1) is 12.2. The Bertz CT molecular complexity index is 842. The van der Waals surface area contributed by atoms with E-state index in [1.807, 2.05) is 12.1 Å². The van der Waals surface area contributed by atoms with E-state index in [1.165, 1.54) is 4.52 Å². The summed E-state index contributed by atoms with van der Waals surface area (Å²) >= 11 is 0. The summed E-state index contributed by atoms with van der Waals surface area (Å²) in [6.45, 7) is 0. The van der Waals surface area contributed by atoms with Crippen LogP contribution < -0.4 is 5.32 Å². The van der Waals surface area contributed by atoms with Gasteiger partial charge in [0.2, 0.25) is 5.82 Å². The van der Waals surface area contributed by atoms with Crippen LogP contribution in [-0.2, 0) is 6.42 Å². The van der Waals surface area contributed by atoms with Gasteiger partial charge < -0.3 is 10.4 Å². The third-order valence-electron chi connectivity index (χ3n) is 4.56. The maximum Gasteiger partial charge on any atom is 0.291 e. The predicted molar refractivity (Wildman–Crippen MR) is 88.7 cm³/mol. The van der Waals surface area contributed by atoms with Crippen molar-refractivity contribution in [2.75, 3.05) is 0 Å². The zero-order valence-electron chi connectivity index (χ0n) is 13.5. The number of hydrogen-bond acceptors (Lipinski definition) is 6. The smallest absolute Gasteiger partial charge is 0.291 e. The summed E-state index contributed by atoms with van der Waals surface area (Å²) in [4.78, 5) is 24.8. The van der Waals surface area contributed by atoms with Crippen LogP contribution in [-0.4, -0.2) is 47.7 Å². The number of nitrogens with zero attached hydrogens (tertiary/aromatic N) is 5. The van der Waals surface area contributed by atoms with Gasteiger partial charge in [-0.1, -0.05) is 0 Å². The minimum absolute atomic E-state index is 0.0853. The molecule has 3 aromatic rings. The maximum atomic E-state index is 12.6. The van der Waals surface area contributed by atoms with Crippen LogP contribution in [0.5, 0.6) is 0 Å². The molecular weight excluding hydrogens is 320 g/mol. The monoisotopic (exact) mass is 338 g/mol. The van der Waals surface area contributed by atoms with Crippen molar-refractivity contribution in [2.45, 2.75) is 31.4 Å². The van der Waals surface area contributed by atoms with E-state index in [0.29, 0.717) is 25.0 Å². The summed E-state index contributed by atoms with van der Waals surface area (Å²) in [5.74, 6) is 0.393. The van der Waals surface area contributed by atoms with Gasteiger partial charge in [0.05, 0.1) is 6.10 Å². The molecule has 25 heavy (non-hydrogen) atoms. The number of pyridine rings is 1. The zero-order valence-corrected chi connectivity index (χ0v) is 13.5. The number of aliphatic hydroxyl groups excluding tert-OH is 1. The molecule has 1 aliphatic rings. The molecule has 2 N–H and O–H groups in total. The van der Waals surface area contributed by atoms with Gasteiger partial charge >= 0.3 is 0 Å². The summed E-state index contributed by atoms with van der Waals surface area (Å²) in [6, 6.07) is 5.51. The third kappa shape index (κ3) is 3.34. The number of aliphatic hydroxyl groups is 1. The second-order valence-corrected chi connectivity index (χ2v) is 6.32. The van der Waals surface area contributed by atoms with E-state index in [0.717, 1.165) is 5.56 Å². The molecule has 0 unspecified atom stereocenters. The van der Waals surface area contributed by atoms with E-state index in [2.05, 4.69) is 25.4 Å². The Kier molecular flexibility index (Phi) is 4.10. The molecule has 0 bridgehead atoms. The van der Waals surface area contributed by atoms with Gasteiger partial charge in [0, 0.05) is 30.8 Å². The van der Waals surface area contributed by atoms with Crippen LogP contribution in [0.25, 0.3) is 5.78 Å². The fraction of sp³-hybridized carbons (Fsp3) is 0.353. The number of fused-ring (bicyclic) bond motifs is 1. The second-order valence-electron chi connectivity index (χ2n) is 6.32. The number of carbonyl (C=O) groups excluding carboxylic acids is 1. The Morgan fingerprint density at radius 1 is 1.32 bits per heavy atom. The SMILES string of the molecule is O=C(N[C@@H](Cc1ccncc1)C1CC(O)C1)c1nc2ncccn2n1. The quantitative estimate of drug-likeness (QED) is 0.707. The van der Waals surface area contributed by atoms with Gasteiger partial charge in [-0.25, -0.2) is 9.50 Å². The van der Waals surface area contributed by atoms with Crippen LogP contribution in [0, 0.1) is 5.92 Å². The van der Waals surface area contributed by atoms with Crippen LogP contribution in [0.2, 0.25) is 0 Å². The Morgan fingerprint density at radius 3 is 2.84 bits per heavy atom. The molecule has 0 aliphatic heterocycles. The molecule has 1 atom stereocenters. The van der Waals surface area contributed by atoms with Crippen molar-refractivity contribution in [1.82, 2.24) is 29.9 Å². The van der Waals surface area contributed by atoms with Gasteiger partial charge in [-0.05, 0) is 48.9 Å². The molecule has 1 fully saturated rings. The van der Waals surface area contributed by atoms with E-state index < -0.39 is 0 Å². The number of hydrogen-bond donors (Lipinski definition) is 2. The van der Waals surface area contributed by atoms with Crippen molar-refractivity contribution in [2.24, 2.45) is 5.92 Å². The van der Waals surface area contributed by atoms with Crippen LogP contribution in [0.3, 0.4) is 0 Å². The molecule has 1 saturated carbocycles. The van der Waals surface area contributed by atoms with Crippen LogP contribution in [0.15, 0.2) is 43.0 Å². The topological polar surface area (TPSA) is 105 Å². The van der Waals surface area contributed by atoms with E-state index in [4.69, 9.17) is 0 Å². The molecule has 3 heterocycles. The fourth-order valence-electron chi connectivity index (χ4n) is 3.13. The Labute approximate surface area is 144 Å². The van der Waals surface area contributed by atoms with Crippen molar-refractivity contribution in [1.29, 1.82) is 0 Å². The van der Waals surface area contributed by atoms with E-state index >= 15 is 0 Å². The second kappa shape index (κ2) is 6.56. The molecule has 0 radical (unpaired) electrons. The molecule has 1 amide bonds. The molecule has 4 rings (SSSR count). The van der Waals surface area contributed by atoms with Gasteiger partial charge in [-0.15, -0.1) is 5.10 Å². The van der Waals surface area contributed by atoms with Gasteiger partial charge in [-0.2, -0.15) is 4.98 Å². The summed E-state index contributed by atoms with van der Waals surface area (Å²) < 4.78 is 1.47. The maximum absolute atomic E-state index is 12.6. The molecule has 128 valence electrons. The highest BCUT2D eigenvalue weighted by molar-refractivity contribution is 5.91. The third-order valence-corrected chi connectivity index (χ3v) is 4.56. The minimum Gasteiger partial charge on any atom is -0.393 e. The largest absolute Gasteiger partial charge is 0.393 e. The number of rotatable bonds is 5. The van der Waals surface area contributed by atoms with Crippen LogP contribution >= 0.6 is 0 Å². The highest BCUT2D eigenvalue weighted by Crippen LogP contribution is 2.31. The first-order valence-electron chi connectivity index (χ1n) is 8.24. The molecule has 8 nitrogen and oxygen atoms in total. The Morgan fingerprint density at radius 2 is 2.12 bits per heavy atom. The lowest BCUT2D eigenvalue weighted by Gasteiger charge is -2.38. The standard InChI is InChI=1S/C17H18N6O2/c24-13-9-12(10-13)14(8-11-2-5-18-6-3-11)20-16(25)15-21-17-19-4-1-7-23(17)22-15/h1-7,12-14,24H,8-10H2,(H,20,25)/t12?,13?,14-/m0/s1. The molecule has 1 aliphatic carbocycles. The lowest BCUT2D eigenvalue weighted by molar-refractivity contribution is 0.0238. The van der Waals surface area contributed by atoms with E-state index in [-0.39, 0.29) is 29.8 Å². The molecular formula is C17H18N6O2. The fourth-order valence-corrected chi connectivity index (χ4v) is 3.13. The van der Waals surface area contributed by atoms with Gasteiger partial charge in [-0.3, -0.25) is 9.78 Å². The minimum atomic E-state index is -0.328. The van der Waals surface area contributed by atoms with Gasteiger partial charge in [0.15, 0.2) is 0 Å². The first kappa shape index (κ1) is 15.6. The van der Waals surface area contributed by atoms with Crippen molar-refractivity contribution < 1.29 is 9.90 Å². The van der Waals surface area contributed by atoms with Gasteiger partial charge in [0.1, 0.15) is 0 Å². The van der Waals surface area contributed by atoms with Crippen molar-refractivity contribution >= 4 is 11.7 Å². The van der Waals surface area contributed by atoms with Crippen LogP contribution in [0.4, 0.5) is 0 Å². The van der Waals surface area contributed by atoms with Crippen molar-refractivity contribution in [3.8, 4) is 0 Å². The van der Waals surface area contributed by atoms with E-state index in [1.54, 1.807) is 30.9 Å². The molecule has 0 aromatic carbocycles. The van der Waals surface area contributed by atoms with Crippen molar-refractivity contribution in [3.63, 3.8) is 0 Å². The number of carbonyl (C=O) groups is 1. The molecule has 3 aromatic heterocycles. The number of amides is 1. The number of aromatic nitrogens is 5. The normalized spacial score (nSPS) is 20.8. The Hall–Kier alpha value is -2.87. The molecule has 8 heteroatoms. The predicted octanol–water partition coefficient (Wildman–Crippen LogP) is 0.631. The average Bonchev–Trinajstić information content (AvgIpc) is 3.04. The molecule has 0 spiro atoms. The van der Waals surface area contributed by atoms with Crippen LogP contribution in [0.1, 0.15) is 29.0 Å². The summed E-state index contributed by atoms with van der Waals surface area (Å²) in [7, 11) is 0. The summed E-state index contributed by atoms with van der Waals surface area (Å²) in [5.41, 5.74) is 1.09. The number of nitrogens with one attached hydrogen (secondary N) is 1. The highest BCUT2D eigenvalue weighted by Gasteiger charge is 2.35. The first-order valence-corrected chi connectivity index (χ1v) is 8.24. The van der Waals surface area contributed by atoms with E-state index in [9.17, 15) is 9.90 Å². The highest BCUT2D eigenvalue weighted by atomic mass is 16.3. The summed E-state index contributed by atoms with van der Waals surface area (Å²) in [6.07, 6.45) is 8.55. The lowest BCUT2D eigenvalue weighted by atomic mass is 9.75. The lowest BCUT2D eigenvalue weighted by Crippen LogP contribution is -2.48. The Balaban J connectivity index is 1.51. The van der Waals surface area contributed by atoms with Crippen molar-refractivity contribution in [3.05, 3.63) is 54.4 Å².